The minimum Gasteiger partial charge on any atom is -0.486 e. The largest absolute Gasteiger partial charge is 0.486 e. The van der Waals surface area contributed by atoms with Crippen molar-refractivity contribution in [3.05, 3.63) is 18.2 Å². The van der Waals surface area contributed by atoms with Crippen LogP contribution in [0.25, 0.3) is 0 Å². The van der Waals surface area contributed by atoms with Gasteiger partial charge in [-0.2, -0.15) is 0 Å². The van der Waals surface area contributed by atoms with Crippen LogP contribution in [0, 0.1) is 0 Å². The Labute approximate surface area is 153 Å². The maximum absolute atomic E-state index is 12.1. The molecular weight excluding hydrogens is 340 g/mol. The van der Waals surface area contributed by atoms with E-state index in [1.165, 1.54) is 0 Å². The van der Waals surface area contributed by atoms with E-state index in [9.17, 15) is 4.79 Å². The Bertz CT molecular complexity index is 578. The fourth-order valence-corrected chi connectivity index (χ4v) is 3.82. The summed E-state index contributed by atoms with van der Waals surface area (Å²) in [4.78, 5) is 15.5. The number of thioether (sulfide) groups is 1. The van der Waals surface area contributed by atoms with E-state index < -0.39 is 0 Å². The number of hydrogen-bond donors (Lipinski definition) is 1. The Morgan fingerprint density at radius 2 is 1.96 bits per heavy atom. The summed E-state index contributed by atoms with van der Waals surface area (Å²) in [5.41, 5.74) is 0. The van der Waals surface area contributed by atoms with Crippen LogP contribution in [0.4, 0.5) is 0 Å². The summed E-state index contributed by atoms with van der Waals surface area (Å²) in [6, 6.07) is 6.08. The number of hydrogen-bond acceptors (Lipinski definition) is 6. The Morgan fingerprint density at radius 3 is 2.76 bits per heavy atom. The molecule has 0 bridgehead atoms. The second-order valence-electron chi connectivity index (χ2n) is 6.29. The highest BCUT2D eigenvalue weighted by molar-refractivity contribution is 7.99. The lowest BCUT2D eigenvalue weighted by Gasteiger charge is -2.29. The topological polar surface area (TPSA) is 60.0 Å². The highest BCUT2D eigenvalue weighted by Gasteiger charge is 2.15. The third-order valence-electron chi connectivity index (χ3n) is 4.15. The van der Waals surface area contributed by atoms with Crippen molar-refractivity contribution < 1.29 is 19.0 Å². The molecular formula is C18H26N2O4S. The predicted molar refractivity (Wildman–Crippen MR) is 97.6 cm³/mol. The molecule has 0 unspecified atom stereocenters. The number of carbonyl (C=O) groups excluding carboxylic acids is 1. The molecule has 1 N–H and O–H groups in total. The number of amides is 1. The van der Waals surface area contributed by atoms with Crippen molar-refractivity contribution in [1.29, 1.82) is 0 Å². The molecule has 1 saturated heterocycles. The zero-order valence-electron chi connectivity index (χ0n) is 14.7. The molecule has 6 nitrogen and oxygen atoms in total. The van der Waals surface area contributed by atoms with Gasteiger partial charge in [0.1, 0.15) is 13.2 Å². The Morgan fingerprint density at radius 1 is 1.20 bits per heavy atom. The van der Waals surface area contributed by atoms with Gasteiger partial charge in [-0.15, -0.1) is 11.8 Å². The van der Waals surface area contributed by atoms with Gasteiger partial charge in [0, 0.05) is 42.7 Å². The fourth-order valence-electron chi connectivity index (χ4n) is 2.94. The summed E-state index contributed by atoms with van der Waals surface area (Å²) in [7, 11) is 0. The van der Waals surface area contributed by atoms with Crippen molar-refractivity contribution in [3.63, 3.8) is 0 Å². The van der Waals surface area contributed by atoms with Gasteiger partial charge < -0.3 is 19.5 Å². The van der Waals surface area contributed by atoms with Crippen LogP contribution in [-0.2, 0) is 9.53 Å². The zero-order valence-corrected chi connectivity index (χ0v) is 15.5. The summed E-state index contributed by atoms with van der Waals surface area (Å²) < 4.78 is 16.4. The standard InChI is InChI=1S/C18H26N2O4S/c1-14(13-20-5-7-22-8-6-20)19-18(21)4-11-25-15-2-3-16-17(12-15)24-10-9-23-16/h2-3,12,14H,4-11,13H2,1H3,(H,19,21)/t14-/m1/s1. The second-order valence-corrected chi connectivity index (χ2v) is 7.45. The van der Waals surface area contributed by atoms with Gasteiger partial charge in [0.25, 0.3) is 0 Å². The Balaban J connectivity index is 1.36. The van der Waals surface area contributed by atoms with Gasteiger partial charge in [0.15, 0.2) is 11.5 Å². The lowest BCUT2D eigenvalue weighted by molar-refractivity contribution is -0.121. The molecule has 0 radical (unpaired) electrons. The minimum absolute atomic E-state index is 0.103. The molecule has 1 amide bonds. The fraction of sp³-hybridized carbons (Fsp3) is 0.611. The first kappa shape index (κ1) is 18.4. The van der Waals surface area contributed by atoms with Gasteiger partial charge in [0.2, 0.25) is 5.91 Å². The second kappa shape index (κ2) is 9.31. The molecule has 0 aliphatic carbocycles. The van der Waals surface area contributed by atoms with Gasteiger partial charge in [-0.05, 0) is 25.1 Å². The van der Waals surface area contributed by atoms with Crippen molar-refractivity contribution in [2.45, 2.75) is 24.3 Å². The number of rotatable bonds is 7. The van der Waals surface area contributed by atoms with Crippen LogP contribution in [0.15, 0.2) is 23.1 Å². The molecule has 0 aromatic heterocycles. The zero-order chi connectivity index (χ0) is 17.5. The van der Waals surface area contributed by atoms with E-state index >= 15 is 0 Å². The first-order valence-corrected chi connectivity index (χ1v) is 9.81. The number of nitrogens with one attached hydrogen (secondary N) is 1. The number of carbonyl (C=O) groups is 1. The molecule has 2 heterocycles. The van der Waals surface area contributed by atoms with Crippen molar-refractivity contribution >= 4 is 17.7 Å². The Hall–Kier alpha value is -1.44. The highest BCUT2D eigenvalue weighted by Crippen LogP contribution is 2.34. The lowest BCUT2D eigenvalue weighted by Crippen LogP contribution is -2.46. The SMILES string of the molecule is C[C@H](CN1CCOCC1)NC(=O)CCSc1ccc2c(c1)OCCO2. The molecule has 1 fully saturated rings. The first-order chi connectivity index (χ1) is 12.2. The smallest absolute Gasteiger partial charge is 0.221 e. The van der Waals surface area contributed by atoms with Crippen LogP contribution in [0.2, 0.25) is 0 Å². The van der Waals surface area contributed by atoms with Crippen molar-refractivity contribution in [2.75, 3.05) is 51.8 Å². The third-order valence-corrected chi connectivity index (χ3v) is 5.15. The summed E-state index contributed by atoms with van der Waals surface area (Å²) in [5.74, 6) is 2.44. The molecule has 1 aromatic carbocycles. The van der Waals surface area contributed by atoms with Gasteiger partial charge in [0.05, 0.1) is 13.2 Å². The minimum atomic E-state index is 0.103. The predicted octanol–water partition coefficient (Wildman–Crippen LogP) is 1.78. The van der Waals surface area contributed by atoms with E-state index in [1.54, 1.807) is 11.8 Å². The highest BCUT2D eigenvalue weighted by atomic mass is 32.2. The molecule has 138 valence electrons. The van der Waals surface area contributed by atoms with Crippen LogP contribution >= 0.6 is 11.8 Å². The molecule has 0 spiro atoms. The van der Waals surface area contributed by atoms with Crippen molar-refractivity contribution in [3.8, 4) is 11.5 Å². The number of morpholine rings is 1. The normalized spacial score (nSPS) is 18.6. The van der Waals surface area contributed by atoms with Gasteiger partial charge >= 0.3 is 0 Å². The molecule has 2 aliphatic rings. The molecule has 1 atom stereocenters. The molecule has 2 aliphatic heterocycles. The van der Waals surface area contributed by atoms with Crippen molar-refractivity contribution in [1.82, 2.24) is 10.2 Å². The molecule has 25 heavy (non-hydrogen) atoms. The average Bonchev–Trinajstić information content (AvgIpc) is 2.62. The summed E-state index contributed by atoms with van der Waals surface area (Å²) >= 11 is 1.66. The van der Waals surface area contributed by atoms with Crippen LogP contribution < -0.4 is 14.8 Å². The molecule has 7 heteroatoms. The maximum Gasteiger partial charge on any atom is 0.221 e. The lowest BCUT2D eigenvalue weighted by atomic mass is 10.2. The van der Waals surface area contributed by atoms with E-state index in [0.29, 0.717) is 19.6 Å². The monoisotopic (exact) mass is 366 g/mol. The van der Waals surface area contributed by atoms with E-state index in [0.717, 1.165) is 55.0 Å². The number of ether oxygens (including phenoxy) is 3. The third kappa shape index (κ3) is 5.80. The van der Waals surface area contributed by atoms with Gasteiger partial charge in [-0.25, -0.2) is 0 Å². The molecule has 0 saturated carbocycles. The van der Waals surface area contributed by atoms with Crippen LogP contribution in [0.5, 0.6) is 11.5 Å². The maximum atomic E-state index is 12.1. The first-order valence-electron chi connectivity index (χ1n) is 8.82. The Kier molecular flexibility index (Phi) is 6.84. The van der Waals surface area contributed by atoms with Crippen molar-refractivity contribution in [2.24, 2.45) is 0 Å². The van der Waals surface area contributed by atoms with Crippen LogP contribution in [-0.4, -0.2) is 68.7 Å². The number of benzene rings is 1. The van der Waals surface area contributed by atoms with Gasteiger partial charge in [-0.1, -0.05) is 0 Å². The molecule has 1 aromatic rings. The van der Waals surface area contributed by atoms with E-state index in [4.69, 9.17) is 14.2 Å². The van der Waals surface area contributed by atoms with E-state index in [1.807, 2.05) is 18.2 Å². The summed E-state index contributed by atoms with van der Waals surface area (Å²) in [5, 5.41) is 3.08. The number of nitrogens with zero attached hydrogens (tertiary/aromatic N) is 1. The van der Waals surface area contributed by atoms with Crippen LogP contribution in [0.1, 0.15) is 13.3 Å². The van der Waals surface area contributed by atoms with E-state index in [2.05, 4.69) is 17.1 Å². The number of fused-ring (bicyclic) bond motifs is 1. The van der Waals surface area contributed by atoms with Crippen LogP contribution in [0.3, 0.4) is 0 Å². The average molecular weight is 366 g/mol. The van der Waals surface area contributed by atoms with Gasteiger partial charge in [-0.3, -0.25) is 9.69 Å². The summed E-state index contributed by atoms with van der Waals surface area (Å²) in [6.45, 7) is 7.58. The molecule has 3 rings (SSSR count). The quantitative estimate of drug-likeness (QED) is 0.743. The summed E-state index contributed by atoms with van der Waals surface area (Å²) in [6.07, 6.45) is 0.507. The van der Waals surface area contributed by atoms with E-state index in [-0.39, 0.29) is 11.9 Å².